The van der Waals surface area contributed by atoms with Crippen molar-refractivity contribution < 1.29 is 14.7 Å². The molecule has 2 aromatic rings. The number of carbonyl (C=O) groups is 2. The highest BCUT2D eigenvalue weighted by atomic mass is 16.4. The molecule has 6 nitrogen and oxygen atoms in total. The highest BCUT2D eigenvalue weighted by Gasteiger charge is 2.29. The molecule has 0 atom stereocenters. The Morgan fingerprint density at radius 2 is 2.20 bits per heavy atom. The van der Waals surface area contributed by atoms with Crippen LogP contribution >= 0.6 is 0 Å². The summed E-state index contributed by atoms with van der Waals surface area (Å²) in [6, 6.07) is 5.46. The van der Waals surface area contributed by atoms with Gasteiger partial charge in [0, 0.05) is 12.7 Å². The average molecular weight is 273 g/mol. The van der Waals surface area contributed by atoms with E-state index in [9.17, 15) is 9.59 Å². The maximum Gasteiger partial charge on any atom is 0.323 e. The molecule has 1 fully saturated rings. The molecule has 2 heterocycles. The highest BCUT2D eigenvalue weighted by Crippen LogP contribution is 2.30. The Labute approximate surface area is 115 Å². The van der Waals surface area contributed by atoms with Gasteiger partial charge in [-0.1, -0.05) is 6.07 Å². The van der Waals surface area contributed by atoms with E-state index in [1.54, 1.807) is 16.8 Å². The summed E-state index contributed by atoms with van der Waals surface area (Å²) in [5.74, 6) is -0.809. The van der Waals surface area contributed by atoms with Crippen LogP contribution < -0.4 is 0 Å². The zero-order chi connectivity index (χ0) is 14.1. The van der Waals surface area contributed by atoms with Crippen molar-refractivity contribution in [1.29, 1.82) is 0 Å². The standard InChI is InChI=1S/C14H15N3O3/c18-13(19)9-16(8-10-4-5-10)14(20)11-7-15-17-6-2-1-3-12(11)17/h1-3,6-7,10H,4-5,8-9H2,(H,18,19). The Hall–Kier alpha value is -2.37. The fourth-order valence-electron chi connectivity index (χ4n) is 2.26. The Morgan fingerprint density at radius 1 is 1.40 bits per heavy atom. The van der Waals surface area contributed by atoms with Gasteiger partial charge in [0.25, 0.3) is 5.91 Å². The monoisotopic (exact) mass is 273 g/mol. The molecule has 1 aliphatic carbocycles. The molecule has 1 saturated carbocycles. The number of hydrogen-bond donors (Lipinski definition) is 1. The fourth-order valence-corrected chi connectivity index (χ4v) is 2.26. The summed E-state index contributed by atoms with van der Waals surface area (Å²) in [6.45, 7) is 0.245. The summed E-state index contributed by atoms with van der Waals surface area (Å²) in [5.41, 5.74) is 1.15. The molecule has 104 valence electrons. The Morgan fingerprint density at radius 3 is 2.90 bits per heavy atom. The minimum Gasteiger partial charge on any atom is -0.480 e. The summed E-state index contributed by atoms with van der Waals surface area (Å²) >= 11 is 0. The summed E-state index contributed by atoms with van der Waals surface area (Å²) < 4.78 is 1.61. The van der Waals surface area contributed by atoms with Crippen LogP contribution in [0.15, 0.2) is 30.6 Å². The van der Waals surface area contributed by atoms with Crippen molar-refractivity contribution in [2.75, 3.05) is 13.1 Å². The molecule has 1 aliphatic rings. The minimum absolute atomic E-state index is 0.263. The van der Waals surface area contributed by atoms with Crippen molar-refractivity contribution in [3.8, 4) is 0 Å². The highest BCUT2D eigenvalue weighted by molar-refractivity contribution is 6.01. The van der Waals surface area contributed by atoms with Crippen LogP contribution in [0.3, 0.4) is 0 Å². The van der Waals surface area contributed by atoms with Gasteiger partial charge in [0.2, 0.25) is 0 Å². The van der Waals surface area contributed by atoms with Gasteiger partial charge in [0.15, 0.2) is 0 Å². The lowest BCUT2D eigenvalue weighted by atomic mass is 10.2. The normalized spacial score (nSPS) is 14.4. The third-order valence-corrected chi connectivity index (χ3v) is 3.45. The van der Waals surface area contributed by atoms with E-state index in [2.05, 4.69) is 5.10 Å². The quantitative estimate of drug-likeness (QED) is 0.890. The number of amides is 1. The van der Waals surface area contributed by atoms with E-state index in [0.29, 0.717) is 23.5 Å². The Bertz CT molecular complexity index is 660. The molecule has 20 heavy (non-hydrogen) atoms. The first kappa shape index (κ1) is 12.7. The van der Waals surface area contributed by atoms with Gasteiger partial charge in [0.1, 0.15) is 6.54 Å². The molecule has 3 rings (SSSR count). The van der Waals surface area contributed by atoms with Crippen molar-refractivity contribution in [2.24, 2.45) is 5.92 Å². The first-order valence-electron chi connectivity index (χ1n) is 6.58. The lowest BCUT2D eigenvalue weighted by Crippen LogP contribution is -2.37. The Balaban J connectivity index is 1.89. The molecule has 0 unspecified atom stereocenters. The number of carboxylic acids is 1. The fraction of sp³-hybridized carbons (Fsp3) is 0.357. The van der Waals surface area contributed by atoms with Gasteiger partial charge >= 0.3 is 5.97 Å². The average Bonchev–Trinajstić information content (AvgIpc) is 3.14. The molecule has 1 N–H and O–H groups in total. The zero-order valence-corrected chi connectivity index (χ0v) is 10.9. The largest absolute Gasteiger partial charge is 0.480 e. The second-order valence-corrected chi connectivity index (χ2v) is 5.11. The molecule has 0 bridgehead atoms. The van der Waals surface area contributed by atoms with Crippen molar-refractivity contribution in [1.82, 2.24) is 14.5 Å². The van der Waals surface area contributed by atoms with Crippen molar-refractivity contribution >= 4 is 17.4 Å². The van der Waals surface area contributed by atoms with Crippen LogP contribution in [0.5, 0.6) is 0 Å². The van der Waals surface area contributed by atoms with Gasteiger partial charge in [-0.3, -0.25) is 9.59 Å². The molecule has 6 heteroatoms. The maximum atomic E-state index is 12.5. The molecule has 1 amide bonds. The third-order valence-electron chi connectivity index (χ3n) is 3.45. The number of carbonyl (C=O) groups excluding carboxylic acids is 1. The van der Waals surface area contributed by atoms with E-state index in [1.807, 2.05) is 12.1 Å². The van der Waals surface area contributed by atoms with E-state index in [0.717, 1.165) is 12.8 Å². The Kier molecular flexibility index (Phi) is 3.14. The third kappa shape index (κ3) is 2.49. The van der Waals surface area contributed by atoms with Crippen molar-refractivity contribution in [3.05, 3.63) is 36.2 Å². The SMILES string of the molecule is O=C(O)CN(CC1CC1)C(=O)c1cnn2ccccc12. The maximum absolute atomic E-state index is 12.5. The molecule has 2 aromatic heterocycles. The van der Waals surface area contributed by atoms with Crippen LogP contribution in [0.4, 0.5) is 0 Å². The molecule has 0 saturated heterocycles. The van der Waals surface area contributed by atoms with Gasteiger partial charge in [-0.05, 0) is 30.9 Å². The summed E-state index contributed by atoms with van der Waals surface area (Å²) in [6.07, 6.45) is 5.39. The topological polar surface area (TPSA) is 74.9 Å². The molecule has 0 aliphatic heterocycles. The number of aliphatic carboxylic acids is 1. The summed E-state index contributed by atoms with van der Waals surface area (Å²) in [5, 5.41) is 13.1. The van der Waals surface area contributed by atoms with Crippen LogP contribution in [0.1, 0.15) is 23.2 Å². The predicted octanol–water partition coefficient (Wildman–Crippen LogP) is 1.27. The van der Waals surface area contributed by atoms with Crippen LogP contribution in [0, 0.1) is 5.92 Å². The number of pyridine rings is 1. The lowest BCUT2D eigenvalue weighted by molar-refractivity contribution is -0.137. The predicted molar refractivity (Wildman–Crippen MR) is 71.5 cm³/mol. The second kappa shape index (κ2) is 4.96. The number of rotatable bonds is 5. The van der Waals surface area contributed by atoms with Gasteiger partial charge in [0.05, 0.1) is 17.3 Å². The van der Waals surface area contributed by atoms with Crippen LogP contribution in [-0.4, -0.2) is 44.6 Å². The van der Waals surface area contributed by atoms with Crippen LogP contribution in [0.25, 0.3) is 5.52 Å². The number of fused-ring (bicyclic) bond motifs is 1. The summed E-state index contributed by atoms with van der Waals surface area (Å²) in [7, 11) is 0. The minimum atomic E-state index is -0.990. The van der Waals surface area contributed by atoms with Gasteiger partial charge < -0.3 is 10.0 Å². The van der Waals surface area contributed by atoms with Gasteiger partial charge in [-0.25, -0.2) is 4.52 Å². The molecule has 0 spiro atoms. The van der Waals surface area contributed by atoms with Gasteiger partial charge in [-0.2, -0.15) is 5.10 Å². The van der Waals surface area contributed by atoms with E-state index in [4.69, 9.17) is 5.11 Å². The van der Waals surface area contributed by atoms with E-state index in [-0.39, 0.29) is 12.5 Å². The molecule has 0 radical (unpaired) electrons. The van der Waals surface area contributed by atoms with Crippen molar-refractivity contribution in [3.63, 3.8) is 0 Å². The van der Waals surface area contributed by atoms with Crippen molar-refractivity contribution in [2.45, 2.75) is 12.8 Å². The first-order chi connectivity index (χ1) is 9.65. The first-order valence-corrected chi connectivity index (χ1v) is 6.58. The van der Waals surface area contributed by atoms with Gasteiger partial charge in [-0.15, -0.1) is 0 Å². The zero-order valence-electron chi connectivity index (χ0n) is 10.9. The number of nitrogens with zero attached hydrogens (tertiary/aromatic N) is 3. The van der Waals surface area contributed by atoms with Crippen LogP contribution in [-0.2, 0) is 4.79 Å². The van der Waals surface area contributed by atoms with E-state index in [1.165, 1.54) is 11.1 Å². The lowest BCUT2D eigenvalue weighted by Gasteiger charge is -2.19. The molecular formula is C14H15N3O3. The number of carboxylic acid groups (broad SMARTS) is 1. The molecule has 0 aromatic carbocycles. The number of aromatic nitrogens is 2. The molecular weight excluding hydrogens is 258 g/mol. The number of hydrogen-bond acceptors (Lipinski definition) is 3. The second-order valence-electron chi connectivity index (χ2n) is 5.11. The van der Waals surface area contributed by atoms with Crippen LogP contribution in [0.2, 0.25) is 0 Å². The van der Waals surface area contributed by atoms with E-state index < -0.39 is 5.97 Å². The van der Waals surface area contributed by atoms with E-state index >= 15 is 0 Å². The smallest absolute Gasteiger partial charge is 0.323 e. The summed E-state index contributed by atoms with van der Waals surface area (Å²) in [4.78, 5) is 24.9.